The second-order valence-electron chi connectivity index (χ2n) is 3.08. The molecule has 2 N–H and O–H groups in total. The lowest BCUT2D eigenvalue weighted by atomic mass is 10.3. The molecule has 0 spiro atoms. The molecule has 0 radical (unpaired) electrons. The predicted molar refractivity (Wildman–Crippen MR) is 54.3 cm³/mol. The highest BCUT2D eigenvalue weighted by atomic mass is 16.5. The number of nitrogens with zero attached hydrogens (tertiary/aromatic N) is 1. The number of H-pyrrole nitrogens is 1. The largest absolute Gasteiger partial charge is 0.441 e. The molecule has 1 aromatic carbocycles. The molecule has 0 unspecified atom stereocenters. The van der Waals surface area contributed by atoms with E-state index in [4.69, 9.17) is 0 Å². The van der Waals surface area contributed by atoms with E-state index in [1.54, 1.807) is 24.3 Å². The molecule has 16 heavy (non-hydrogen) atoms. The third-order valence-electron chi connectivity index (χ3n) is 2.10. The fourth-order valence-corrected chi connectivity index (χ4v) is 1.34. The molecule has 0 aliphatic heterocycles. The van der Waals surface area contributed by atoms with Crippen LogP contribution in [0.1, 0.15) is 10.5 Å². The summed E-state index contributed by atoms with van der Waals surface area (Å²) in [7, 11) is 1.45. The number of amides is 1. The molecule has 2 aromatic rings. The average molecular weight is 220 g/mol. The zero-order valence-corrected chi connectivity index (χ0v) is 8.56. The number of rotatable bonds is 2. The van der Waals surface area contributed by atoms with Crippen LogP contribution >= 0.6 is 0 Å². The lowest BCUT2D eigenvalue weighted by molar-refractivity contribution is -0.672. The van der Waals surface area contributed by atoms with Gasteiger partial charge < -0.3 is 5.32 Å². The first kappa shape index (κ1) is 10.2. The van der Waals surface area contributed by atoms with Gasteiger partial charge in [0.1, 0.15) is 0 Å². The van der Waals surface area contributed by atoms with E-state index < -0.39 is 11.5 Å². The molecule has 0 aliphatic rings. The van der Waals surface area contributed by atoms with E-state index in [-0.39, 0.29) is 5.69 Å². The van der Waals surface area contributed by atoms with Crippen molar-refractivity contribution in [2.75, 3.05) is 7.05 Å². The fraction of sp³-hybridized carbons (Fsp3) is 0.100. The van der Waals surface area contributed by atoms with Crippen LogP contribution in [0.4, 0.5) is 0 Å². The van der Waals surface area contributed by atoms with Crippen molar-refractivity contribution in [2.45, 2.75) is 0 Å². The summed E-state index contributed by atoms with van der Waals surface area (Å²) >= 11 is 0. The van der Waals surface area contributed by atoms with Crippen LogP contribution in [-0.2, 0) is 0 Å². The summed E-state index contributed by atoms with van der Waals surface area (Å²) in [6.07, 6.45) is 0. The predicted octanol–water partition coefficient (Wildman–Crippen LogP) is -0.396. The van der Waals surface area contributed by atoms with Gasteiger partial charge in [0.15, 0.2) is 0 Å². The molecule has 0 bridgehead atoms. The van der Waals surface area contributed by atoms with E-state index in [2.05, 4.69) is 15.1 Å². The van der Waals surface area contributed by atoms with E-state index in [0.717, 1.165) is 0 Å². The Morgan fingerprint density at radius 2 is 2.06 bits per heavy atom. The molecule has 2 rings (SSSR count). The number of benzene rings is 1. The van der Waals surface area contributed by atoms with Crippen LogP contribution in [0.15, 0.2) is 39.6 Å². The number of nitrogens with one attached hydrogen (secondary N) is 2. The fourth-order valence-electron chi connectivity index (χ4n) is 1.34. The van der Waals surface area contributed by atoms with Crippen molar-refractivity contribution in [1.82, 2.24) is 10.6 Å². The van der Waals surface area contributed by atoms with Gasteiger partial charge in [-0.1, -0.05) is 18.2 Å². The summed E-state index contributed by atoms with van der Waals surface area (Å²) in [4.78, 5) is 22.8. The van der Waals surface area contributed by atoms with Crippen molar-refractivity contribution in [3.8, 4) is 5.69 Å². The first-order valence-electron chi connectivity index (χ1n) is 4.65. The molecule has 1 amide bonds. The lowest BCUT2D eigenvalue weighted by Crippen LogP contribution is -2.44. The second kappa shape index (κ2) is 4.01. The number of hydrogen-bond donors (Lipinski definition) is 2. The standard InChI is InChI=1S/C10H9N3O3/c1-11-9(14)8-10(15)16-12-13(8)7-5-3-2-4-6-7/h2-6H,1H3,(H-,11,12,14,15)/p+1. The van der Waals surface area contributed by atoms with Crippen LogP contribution in [0.5, 0.6) is 0 Å². The Hall–Kier alpha value is -2.37. The molecule has 1 aromatic heterocycles. The summed E-state index contributed by atoms with van der Waals surface area (Å²) < 4.78 is 5.89. The van der Waals surface area contributed by atoms with Gasteiger partial charge in [0.25, 0.3) is 0 Å². The van der Waals surface area contributed by atoms with Crippen molar-refractivity contribution < 1.29 is 14.0 Å². The molecule has 0 saturated carbocycles. The van der Waals surface area contributed by atoms with E-state index in [9.17, 15) is 9.59 Å². The van der Waals surface area contributed by atoms with Crippen LogP contribution in [-0.4, -0.2) is 18.2 Å². The Balaban J connectivity index is 2.59. The Morgan fingerprint density at radius 3 is 2.69 bits per heavy atom. The number of para-hydroxylation sites is 1. The zero-order chi connectivity index (χ0) is 11.5. The summed E-state index contributed by atoms with van der Waals surface area (Å²) in [5.74, 6) is -0.501. The number of carbonyl (C=O) groups excluding carboxylic acids is 1. The van der Waals surface area contributed by atoms with Gasteiger partial charge in [-0.3, -0.25) is 9.32 Å². The number of aromatic amines is 1. The van der Waals surface area contributed by atoms with E-state index in [1.807, 2.05) is 6.07 Å². The Kier molecular flexibility index (Phi) is 2.55. The monoisotopic (exact) mass is 220 g/mol. The molecule has 0 fully saturated rings. The minimum atomic E-state index is -0.705. The molecular weight excluding hydrogens is 210 g/mol. The van der Waals surface area contributed by atoms with Gasteiger partial charge in [0, 0.05) is 19.2 Å². The SMILES string of the molecule is CNC(=O)c1c(=O)o[nH][n+]1-c1ccccc1. The first-order chi connectivity index (χ1) is 7.74. The Bertz CT molecular complexity index is 556. The quantitative estimate of drug-likeness (QED) is 0.676. The maximum Gasteiger partial charge on any atom is 0.441 e. The van der Waals surface area contributed by atoms with Gasteiger partial charge in [-0.2, -0.15) is 0 Å². The topological polar surface area (TPSA) is 79.0 Å². The van der Waals surface area contributed by atoms with Crippen LogP contribution < -0.4 is 15.6 Å². The maximum absolute atomic E-state index is 11.5. The second-order valence-corrected chi connectivity index (χ2v) is 3.08. The van der Waals surface area contributed by atoms with Crippen LogP contribution in [0.25, 0.3) is 5.69 Å². The van der Waals surface area contributed by atoms with Crippen LogP contribution in [0.2, 0.25) is 0 Å². The summed E-state index contributed by atoms with van der Waals surface area (Å²) in [5.41, 5.74) is -0.149. The van der Waals surface area contributed by atoms with Gasteiger partial charge in [-0.05, 0) is 9.95 Å². The Morgan fingerprint density at radius 1 is 1.38 bits per heavy atom. The minimum Gasteiger partial charge on any atom is -0.350 e. The van der Waals surface area contributed by atoms with Gasteiger partial charge in [0.05, 0.1) is 0 Å². The van der Waals surface area contributed by atoms with Crippen LogP contribution in [0, 0.1) is 0 Å². The minimum absolute atomic E-state index is 0.0892. The van der Waals surface area contributed by atoms with Gasteiger partial charge in [-0.15, -0.1) is 0 Å². The number of aromatic nitrogens is 2. The van der Waals surface area contributed by atoms with Gasteiger partial charge in [-0.25, -0.2) is 4.79 Å². The molecule has 82 valence electrons. The smallest absolute Gasteiger partial charge is 0.350 e. The van der Waals surface area contributed by atoms with Crippen molar-refractivity contribution in [3.63, 3.8) is 0 Å². The van der Waals surface area contributed by atoms with Gasteiger partial charge >= 0.3 is 17.2 Å². The molecule has 0 saturated heterocycles. The van der Waals surface area contributed by atoms with E-state index in [0.29, 0.717) is 5.69 Å². The third kappa shape index (κ3) is 1.60. The summed E-state index contributed by atoms with van der Waals surface area (Å²) in [6.45, 7) is 0. The van der Waals surface area contributed by atoms with Gasteiger partial charge in [0.2, 0.25) is 5.69 Å². The third-order valence-corrected chi connectivity index (χ3v) is 2.10. The van der Waals surface area contributed by atoms with Crippen LogP contribution in [0.3, 0.4) is 0 Å². The first-order valence-corrected chi connectivity index (χ1v) is 4.65. The Labute approximate surface area is 90.5 Å². The van der Waals surface area contributed by atoms with E-state index >= 15 is 0 Å². The maximum atomic E-state index is 11.5. The molecule has 1 heterocycles. The lowest BCUT2D eigenvalue weighted by Gasteiger charge is -1.92. The number of hydrogen-bond acceptors (Lipinski definition) is 3. The molecular formula is C10H10N3O3+. The molecule has 0 atom stereocenters. The highest BCUT2D eigenvalue weighted by Gasteiger charge is 2.29. The molecule has 6 heteroatoms. The van der Waals surface area contributed by atoms with Crippen molar-refractivity contribution in [1.29, 1.82) is 0 Å². The van der Waals surface area contributed by atoms with Crippen molar-refractivity contribution >= 4 is 5.91 Å². The highest BCUT2D eigenvalue weighted by Crippen LogP contribution is 1.97. The van der Waals surface area contributed by atoms with Crippen molar-refractivity contribution in [3.05, 3.63) is 46.4 Å². The zero-order valence-electron chi connectivity index (χ0n) is 8.56. The van der Waals surface area contributed by atoms with E-state index in [1.165, 1.54) is 11.7 Å². The normalized spacial score (nSPS) is 10.1. The summed E-state index contributed by atoms with van der Waals surface area (Å²) in [6, 6.07) is 8.92. The van der Waals surface area contributed by atoms with Crippen molar-refractivity contribution in [2.24, 2.45) is 0 Å². The molecule has 0 aliphatic carbocycles. The summed E-state index contributed by atoms with van der Waals surface area (Å²) in [5, 5.41) is 4.75. The molecule has 6 nitrogen and oxygen atoms in total. The average Bonchev–Trinajstić information content (AvgIpc) is 2.71. The number of carbonyl (C=O) groups is 1. The highest BCUT2D eigenvalue weighted by molar-refractivity contribution is 5.90.